The summed E-state index contributed by atoms with van der Waals surface area (Å²) in [5.41, 5.74) is 10.2. The van der Waals surface area contributed by atoms with Gasteiger partial charge in [0.05, 0.1) is 23.0 Å². The van der Waals surface area contributed by atoms with Crippen LogP contribution in [-0.2, 0) is 0 Å². The van der Waals surface area contributed by atoms with Gasteiger partial charge in [-0.2, -0.15) is 5.10 Å². The molecule has 7 nitrogen and oxygen atoms in total. The number of benzene rings is 1. The van der Waals surface area contributed by atoms with E-state index in [9.17, 15) is 9.59 Å². The third-order valence-electron chi connectivity index (χ3n) is 7.10. The second kappa shape index (κ2) is 8.30. The molecule has 4 rings (SSSR count). The van der Waals surface area contributed by atoms with Gasteiger partial charge in [0.2, 0.25) is 0 Å². The standard InChI is InChI=1S/C25H31N5O2/c1-5-27-24(32)17-9-7-16(8-10-17)18-12-20-22(19(23(26)31)13-28-30(20)14-18)29-21-11-6-15(2)25(21,3)4/h7-10,12-15,21,29H,5-6,11H2,1-4H3,(H2,26,31)(H,27,32)/t15?,21-/m1/s1. The van der Waals surface area contributed by atoms with E-state index >= 15 is 0 Å². The van der Waals surface area contributed by atoms with E-state index in [4.69, 9.17) is 5.73 Å². The fourth-order valence-electron chi connectivity index (χ4n) is 4.57. The zero-order valence-electron chi connectivity index (χ0n) is 19.1. The van der Waals surface area contributed by atoms with Crippen molar-refractivity contribution in [3.05, 3.63) is 53.9 Å². The zero-order chi connectivity index (χ0) is 23.0. The number of nitrogens with two attached hydrogens (primary N) is 1. The van der Waals surface area contributed by atoms with E-state index in [1.807, 2.05) is 43.5 Å². The third-order valence-corrected chi connectivity index (χ3v) is 7.10. The minimum absolute atomic E-state index is 0.0891. The number of fused-ring (bicyclic) bond motifs is 1. The molecule has 0 aliphatic heterocycles. The molecule has 1 saturated carbocycles. The highest BCUT2D eigenvalue weighted by Crippen LogP contribution is 2.44. The molecule has 2 heterocycles. The van der Waals surface area contributed by atoms with E-state index in [0.29, 0.717) is 23.6 Å². The predicted octanol–water partition coefficient (Wildman–Crippen LogP) is 4.09. The van der Waals surface area contributed by atoms with Gasteiger partial charge in [-0.1, -0.05) is 32.9 Å². The van der Waals surface area contributed by atoms with Crippen LogP contribution in [-0.4, -0.2) is 34.0 Å². The number of carbonyl (C=O) groups is 2. The van der Waals surface area contributed by atoms with Gasteiger partial charge in [-0.25, -0.2) is 4.52 Å². The molecule has 32 heavy (non-hydrogen) atoms. The SMILES string of the molecule is CCNC(=O)c1ccc(-c2cc3c(N[C@@H]4CCC(C)C4(C)C)c(C(N)=O)cnn3c2)cc1. The predicted molar refractivity (Wildman–Crippen MR) is 127 cm³/mol. The Kier molecular flexibility index (Phi) is 5.67. The van der Waals surface area contributed by atoms with E-state index in [-0.39, 0.29) is 17.4 Å². The summed E-state index contributed by atoms with van der Waals surface area (Å²) in [6.07, 6.45) is 5.64. The molecule has 1 fully saturated rings. The number of amides is 2. The summed E-state index contributed by atoms with van der Waals surface area (Å²) in [6.45, 7) is 9.30. The molecule has 0 radical (unpaired) electrons. The molecule has 0 saturated heterocycles. The van der Waals surface area contributed by atoms with Crippen molar-refractivity contribution < 1.29 is 9.59 Å². The van der Waals surface area contributed by atoms with Gasteiger partial charge in [0.25, 0.3) is 11.8 Å². The topological polar surface area (TPSA) is 102 Å². The van der Waals surface area contributed by atoms with E-state index in [2.05, 4.69) is 36.5 Å². The van der Waals surface area contributed by atoms with Crippen molar-refractivity contribution in [3.63, 3.8) is 0 Å². The molecule has 1 aromatic carbocycles. The molecular weight excluding hydrogens is 402 g/mol. The average Bonchev–Trinajstić information content (AvgIpc) is 3.30. The van der Waals surface area contributed by atoms with Crippen molar-refractivity contribution >= 4 is 23.0 Å². The Morgan fingerprint density at radius 2 is 1.91 bits per heavy atom. The first-order valence-corrected chi connectivity index (χ1v) is 11.2. The highest BCUT2D eigenvalue weighted by molar-refractivity contribution is 6.02. The van der Waals surface area contributed by atoms with Gasteiger partial charge in [-0.3, -0.25) is 9.59 Å². The number of primary amides is 1. The lowest BCUT2D eigenvalue weighted by atomic mass is 9.80. The first-order chi connectivity index (χ1) is 15.2. The summed E-state index contributed by atoms with van der Waals surface area (Å²) in [5.74, 6) is -0.00482. The van der Waals surface area contributed by atoms with E-state index < -0.39 is 5.91 Å². The number of aromatic nitrogens is 2. The minimum atomic E-state index is -0.500. The van der Waals surface area contributed by atoms with Gasteiger partial charge >= 0.3 is 0 Å². The van der Waals surface area contributed by atoms with Crippen molar-refractivity contribution in [2.24, 2.45) is 17.1 Å². The fourth-order valence-corrected chi connectivity index (χ4v) is 4.57. The number of hydrogen-bond donors (Lipinski definition) is 3. The van der Waals surface area contributed by atoms with Gasteiger partial charge in [0.15, 0.2) is 0 Å². The molecule has 168 valence electrons. The zero-order valence-corrected chi connectivity index (χ0v) is 19.1. The number of hydrogen-bond acceptors (Lipinski definition) is 4. The van der Waals surface area contributed by atoms with Crippen LogP contribution in [0.2, 0.25) is 0 Å². The maximum absolute atomic E-state index is 12.2. The van der Waals surface area contributed by atoms with Gasteiger partial charge in [-0.05, 0) is 54.9 Å². The summed E-state index contributed by atoms with van der Waals surface area (Å²) in [7, 11) is 0. The average molecular weight is 434 g/mol. The molecule has 2 aromatic heterocycles. The Bertz CT molecular complexity index is 1160. The number of anilines is 1. The second-order valence-corrected chi connectivity index (χ2v) is 9.29. The van der Waals surface area contributed by atoms with E-state index in [1.54, 1.807) is 4.52 Å². The lowest BCUT2D eigenvalue weighted by Crippen LogP contribution is -2.35. The highest BCUT2D eigenvalue weighted by atomic mass is 16.2. The van der Waals surface area contributed by atoms with Crippen molar-refractivity contribution in [1.29, 1.82) is 0 Å². The molecule has 2 atom stereocenters. The smallest absolute Gasteiger partial charge is 0.252 e. The summed E-state index contributed by atoms with van der Waals surface area (Å²) in [5, 5.41) is 10.9. The van der Waals surface area contributed by atoms with E-state index in [0.717, 1.165) is 35.2 Å². The molecule has 4 N–H and O–H groups in total. The molecule has 2 amide bonds. The Balaban J connectivity index is 1.73. The third kappa shape index (κ3) is 3.83. The van der Waals surface area contributed by atoms with Gasteiger partial charge in [-0.15, -0.1) is 0 Å². The molecule has 1 unspecified atom stereocenters. The van der Waals surface area contributed by atoms with Crippen LogP contribution in [0.5, 0.6) is 0 Å². The number of carbonyl (C=O) groups excluding carboxylic acids is 2. The van der Waals surface area contributed by atoms with Crippen LogP contribution in [0.15, 0.2) is 42.7 Å². The first kappa shape index (κ1) is 21.9. The van der Waals surface area contributed by atoms with Crippen LogP contribution in [0, 0.1) is 11.3 Å². The molecule has 3 aromatic rings. The first-order valence-electron chi connectivity index (χ1n) is 11.2. The number of nitrogens with one attached hydrogen (secondary N) is 2. The largest absolute Gasteiger partial charge is 0.379 e. The quantitative estimate of drug-likeness (QED) is 0.545. The summed E-state index contributed by atoms with van der Waals surface area (Å²) < 4.78 is 1.77. The summed E-state index contributed by atoms with van der Waals surface area (Å²) >= 11 is 0. The molecule has 1 aliphatic rings. The summed E-state index contributed by atoms with van der Waals surface area (Å²) in [4.78, 5) is 24.2. The lowest BCUT2D eigenvalue weighted by molar-refractivity contribution is 0.0954. The monoisotopic (exact) mass is 433 g/mol. The maximum Gasteiger partial charge on any atom is 0.252 e. The van der Waals surface area contributed by atoms with Crippen LogP contribution in [0.4, 0.5) is 5.69 Å². The fraction of sp³-hybridized carbons (Fsp3) is 0.400. The second-order valence-electron chi connectivity index (χ2n) is 9.29. The Labute approximate surface area is 188 Å². The highest BCUT2D eigenvalue weighted by Gasteiger charge is 2.41. The van der Waals surface area contributed by atoms with Crippen LogP contribution in [0.1, 0.15) is 61.3 Å². The minimum Gasteiger partial charge on any atom is -0.379 e. The maximum atomic E-state index is 12.2. The number of rotatable bonds is 6. The van der Waals surface area contributed by atoms with Crippen molar-refractivity contribution in [2.45, 2.75) is 46.6 Å². The van der Waals surface area contributed by atoms with Crippen molar-refractivity contribution in [1.82, 2.24) is 14.9 Å². The van der Waals surface area contributed by atoms with Crippen molar-refractivity contribution in [2.75, 3.05) is 11.9 Å². The molecule has 0 spiro atoms. The van der Waals surface area contributed by atoms with Gasteiger partial charge in [0, 0.05) is 29.9 Å². The summed E-state index contributed by atoms with van der Waals surface area (Å²) in [6, 6.07) is 9.70. The van der Waals surface area contributed by atoms with Crippen LogP contribution < -0.4 is 16.4 Å². The van der Waals surface area contributed by atoms with Crippen LogP contribution in [0.25, 0.3) is 16.6 Å². The molecule has 0 bridgehead atoms. The van der Waals surface area contributed by atoms with Gasteiger partial charge in [0.1, 0.15) is 0 Å². The van der Waals surface area contributed by atoms with Crippen LogP contribution >= 0.6 is 0 Å². The Morgan fingerprint density at radius 3 is 2.50 bits per heavy atom. The lowest BCUT2D eigenvalue weighted by Gasteiger charge is -2.33. The Morgan fingerprint density at radius 1 is 1.19 bits per heavy atom. The normalized spacial score (nSPS) is 19.8. The molecule has 7 heteroatoms. The Hall–Kier alpha value is -3.35. The van der Waals surface area contributed by atoms with Crippen molar-refractivity contribution in [3.8, 4) is 11.1 Å². The van der Waals surface area contributed by atoms with Crippen LogP contribution in [0.3, 0.4) is 0 Å². The molecular formula is C25H31N5O2. The van der Waals surface area contributed by atoms with Gasteiger partial charge < -0.3 is 16.4 Å². The molecule has 1 aliphatic carbocycles. The number of nitrogens with zero attached hydrogens (tertiary/aromatic N) is 2. The van der Waals surface area contributed by atoms with E-state index in [1.165, 1.54) is 6.20 Å².